The number of methoxy groups -OCH3 is 1. The Morgan fingerprint density at radius 3 is 2.94 bits per heavy atom. The summed E-state index contributed by atoms with van der Waals surface area (Å²) in [5, 5.41) is 6.95. The van der Waals surface area contributed by atoms with Crippen LogP contribution in [0.15, 0.2) is 24.3 Å². The molecule has 2 rings (SSSR count). The van der Waals surface area contributed by atoms with Crippen molar-refractivity contribution >= 4 is 5.69 Å². The lowest BCUT2D eigenvalue weighted by Crippen LogP contribution is -2.56. The van der Waals surface area contributed by atoms with Crippen LogP contribution >= 0.6 is 0 Å². The summed E-state index contributed by atoms with van der Waals surface area (Å²) >= 11 is 0. The third kappa shape index (κ3) is 2.70. The predicted molar refractivity (Wildman–Crippen MR) is 70.5 cm³/mol. The molecule has 1 saturated heterocycles. The van der Waals surface area contributed by atoms with Gasteiger partial charge in [-0.1, -0.05) is 12.1 Å². The number of hydrogen-bond donors (Lipinski definition) is 3. The Labute approximate surface area is 103 Å². The van der Waals surface area contributed by atoms with E-state index in [-0.39, 0.29) is 5.54 Å². The Hall–Kier alpha value is -1.26. The van der Waals surface area contributed by atoms with Crippen molar-refractivity contribution < 1.29 is 4.74 Å². The molecule has 94 valence electrons. The van der Waals surface area contributed by atoms with E-state index >= 15 is 0 Å². The fourth-order valence-corrected chi connectivity index (χ4v) is 2.33. The molecular weight excluding hydrogens is 214 g/mol. The van der Waals surface area contributed by atoms with E-state index in [9.17, 15) is 0 Å². The van der Waals surface area contributed by atoms with Crippen molar-refractivity contribution in [3.8, 4) is 5.75 Å². The number of rotatable bonds is 4. The highest BCUT2D eigenvalue weighted by Gasteiger charge is 2.30. The zero-order chi connectivity index (χ0) is 12.1. The van der Waals surface area contributed by atoms with Crippen LogP contribution in [0.25, 0.3) is 0 Å². The van der Waals surface area contributed by atoms with Gasteiger partial charge in [0.2, 0.25) is 0 Å². The van der Waals surface area contributed by atoms with Gasteiger partial charge < -0.3 is 21.1 Å². The zero-order valence-electron chi connectivity index (χ0n) is 10.3. The molecule has 0 aliphatic carbocycles. The molecule has 4 nitrogen and oxygen atoms in total. The van der Waals surface area contributed by atoms with Crippen LogP contribution in [0.4, 0.5) is 5.69 Å². The van der Waals surface area contributed by atoms with Gasteiger partial charge in [0, 0.05) is 13.1 Å². The molecular formula is C13H21N3O. The third-order valence-corrected chi connectivity index (χ3v) is 3.37. The molecule has 0 bridgehead atoms. The van der Waals surface area contributed by atoms with Gasteiger partial charge >= 0.3 is 0 Å². The van der Waals surface area contributed by atoms with E-state index in [1.54, 1.807) is 7.11 Å². The van der Waals surface area contributed by atoms with Crippen molar-refractivity contribution in [2.24, 2.45) is 5.73 Å². The quantitative estimate of drug-likeness (QED) is 0.733. The maximum atomic E-state index is 5.93. The van der Waals surface area contributed by atoms with Gasteiger partial charge in [-0.25, -0.2) is 0 Å². The first-order valence-corrected chi connectivity index (χ1v) is 6.12. The highest BCUT2D eigenvalue weighted by Crippen LogP contribution is 2.28. The SMILES string of the molecule is COc1ccccc1NC1(CN)CCCNC1. The highest BCUT2D eigenvalue weighted by molar-refractivity contribution is 5.58. The maximum Gasteiger partial charge on any atom is 0.141 e. The van der Waals surface area contributed by atoms with E-state index < -0.39 is 0 Å². The molecule has 17 heavy (non-hydrogen) atoms. The van der Waals surface area contributed by atoms with E-state index in [1.165, 1.54) is 0 Å². The number of benzene rings is 1. The normalized spacial score (nSPS) is 24.4. The first kappa shape index (κ1) is 12.2. The van der Waals surface area contributed by atoms with Gasteiger partial charge in [0.05, 0.1) is 18.3 Å². The first-order chi connectivity index (χ1) is 8.29. The first-order valence-electron chi connectivity index (χ1n) is 6.12. The maximum absolute atomic E-state index is 5.93. The predicted octanol–water partition coefficient (Wildman–Crippen LogP) is 1.19. The second-order valence-electron chi connectivity index (χ2n) is 4.59. The summed E-state index contributed by atoms with van der Waals surface area (Å²) in [5.41, 5.74) is 6.90. The Balaban J connectivity index is 2.17. The average Bonchev–Trinajstić information content (AvgIpc) is 2.40. The number of ether oxygens (including phenoxy) is 1. The molecule has 4 N–H and O–H groups in total. The summed E-state index contributed by atoms with van der Waals surface area (Å²) in [5.74, 6) is 0.867. The number of para-hydroxylation sites is 2. The molecule has 0 saturated carbocycles. The van der Waals surface area contributed by atoms with Gasteiger partial charge in [-0.05, 0) is 31.5 Å². The lowest BCUT2D eigenvalue weighted by Gasteiger charge is -2.38. The lowest BCUT2D eigenvalue weighted by molar-refractivity contribution is 0.347. The largest absolute Gasteiger partial charge is 0.495 e. The molecule has 1 aliphatic heterocycles. The van der Waals surface area contributed by atoms with E-state index in [4.69, 9.17) is 10.5 Å². The molecule has 1 fully saturated rings. The van der Waals surface area contributed by atoms with Crippen LogP contribution in [-0.2, 0) is 0 Å². The van der Waals surface area contributed by atoms with E-state index in [0.29, 0.717) is 6.54 Å². The molecule has 1 unspecified atom stereocenters. The van der Waals surface area contributed by atoms with Gasteiger partial charge in [0.15, 0.2) is 0 Å². The average molecular weight is 235 g/mol. The Bertz CT molecular complexity index is 361. The topological polar surface area (TPSA) is 59.3 Å². The van der Waals surface area contributed by atoms with E-state index in [1.807, 2.05) is 24.3 Å². The van der Waals surface area contributed by atoms with Crippen LogP contribution in [0.3, 0.4) is 0 Å². The van der Waals surface area contributed by atoms with E-state index in [0.717, 1.165) is 37.4 Å². The van der Waals surface area contributed by atoms with Crippen LogP contribution in [0.1, 0.15) is 12.8 Å². The summed E-state index contributed by atoms with van der Waals surface area (Å²) < 4.78 is 5.35. The minimum Gasteiger partial charge on any atom is -0.495 e. The number of piperidine rings is 1. The zero-order valence-corrected chi connectivity index (χ0v) is 10.3. The molecule has 1 atom stereocenters. The van der Waals surface area contributed by atoms with Gasteiger partial charge in [-0.3, -0.25) is 0 Å². The number of hydrogen-bond acceptors (Lipinski definition) is 4. The molecule has 1 aromatic carbocycles. The van der Waals surface area contributed by atoms with Crippen molar-refractivity contribution in [1.82, 2.24) is 5.32 Å². The minimum absolute atomic E-state index is 0.0487. The monoisotopic (exact) mass is 235 g/mol. The number of nitrogens with two attached hydrogens (primary N) is 1. The third-order valence-electron chi connectivity index (χ3n) is 3.37. The van der Waals surface area contributed by atoms with Crippen LogP contribution in [0.5, 0.6) is 5.75 Å². The number of anilines is 1. The minimum atomic E-state index is -0.0487. The van der Waals surface area contributed by atoms with Gasteiger partial charge in [-0.2, -0.15) is 0 Å². The summed E-state index contributed by atoms with van der Waals surface area (Å²) in [4.78, 5) is 0. The standard InChI is InChI=1S/C13H21N3O/c1-17-12-6-3-2-5-11(12)16-13(9-14)7-4-8-15-10-13/h2-3,5-6,15-16H,4,7-10,14H2,1H3. The van der Waals surface area contributed by atoms with Crippen LogP contribution in [0.2, 0.25) is 0 Å². The molecule has 0 aromatic heterocycles. The Morgan fingerprint density at radius 1 is 1.47 bits per heavy atom. The van der Waals surface area contributed by atoms with Crippen LogP contribution in [0, 0.1) is 0 Å². The van der Waals surface area contributed by atoms with Gasteiger partial charge in [0.1, 0.15) is 5.75 Å². The van der Waals surface area contributed by atoms with Crippen molar-refractivity contribution in [2.75, 3.05) is 32.1 Å². The van der Waals surface area contributed by atoms with E-state index in [2.05, 4.69) is 10.6 Å². The summed E-state index contributed by atoms with van der Waals surface area (Å²) in [6.07, 6.45) is 2.24. The molecule has 0 radical (unpaired) electrons. The van der Waals surface area contributed by atoms with Crippen LogP contribution in [-0.4, -0.2) is 32.3 Å². The van der Waals surface area contributed by atoms with Gasteiger partial charge in [0.25, 0.3) is 0 Å². The fourth-order valence-electron chi connectivity index (χ4n) is 2.33. The van der Waals surface area contributed by atoms with Crippen LogP contribution < -0.4 is 21.1 Å². The summed E-state index contributed by atoms with van der Waals surface area (Å²) in [6, 6.07) is 7.97. The summed E-state index contributed by atoms with van der Waals surface area (Å²) in [6.45, 7) is 2.61. The molecule has 4 heteroatoms. The van der Waals surface area contributed by atoms with Crippen molar-refractivity contribution in [3.63, 3.8) is 0 Å². The lowest BCUT2D eigenvalue weighted by atomic mass is 9.90. The molecule has 1 heterocycles. The molecule has 0 amide bonds. The highest BCUT2D eigenvalue weighted by atomic mass is 16.5. The van der Waals surface area contributed by atoms with Gasteiger partial charge in [-0.15, -0.1) is 0 Å². The fraction of sp³-hybridized carbons (Fsp3) is 0.538. The summed E-state index contributed by atoms with van der Waals surface area (Å²) in [7, 11) is 1.69. The molecule has 0 spiro atoms. The Kier molecular flexibility index (Phi) is 3.86. The number of nitrogens with one attached hydrogen (secondary N) is 2. The second-order valence-corrected chi connectivity index (χ2v) is 4.59. The second kappa shape index (κ2) is 5.38. The smallest absolute Gasteiger partial charge is 0.141 e. The molecule has 1 aliphatic rings. The van der Waals surface area contributed by atoms with Crippen molar-refractivity contribution in [3.05, 3.63) is 24.3 Å². The Morgan fingerprint density at radius 2 is 2.29 bits per heavy atom. The molecule has 1 aromatic rings. The van der Waals surface area contributed by atoms with Crippen molar-refractivity contribution in [1.29, 1.82) is 0 Å². The van der Waals surface area contributed by atoms with Crippen molar-refractivity contribution in [2.45, 2.75) is 18.4 Å².